The lowest BCUT2D eigenvalue weighted by Crippen LogP contribution is -2.58. The van der Waals surface area contributed by atoms with Gasteiger partial charge >= 0.3 is 0 Å². The Morgan fingerprint density at radius 2 is 2.25 bits per heavy atom. The van der Waals surface area contributed by atoms with E-state index in [2.05, 4.69) is 42.7 Å². The van der Waals surface area contributed by atoms with Gasteiger partial charge in [0.2, 0.25) is 0 Å². The number of thioether (sulfide) groups is 1. The first-order valence-corrected chi connectivity index (χ1v) is 7.80. The van der Waals surface area contributed by atoms with E-state index in [9.17, 15) is 0 Å². The van der Waals surface area contributed by atoms with Gasteiger partial charge in [-0.15, -0.1) is 0 Å². The summed E-state index contributed by atoms with van der Waals surface area (Å²) in [6, 6.07) is 1.42. The molecule has 0 bridgehead atoms. The maximum atomic E-state index is 3.67. The fourth-order valence-corrected chi connectivity index (χ4v) is 4.00. The standard InChI is InChI=1S/C13H26N2S/c1-10(2)13-9-15(11(3)7-14-13)8-12-5-4-6-16-12/h10-14H,4-9H2,1-3H3. The van der Waals surface area contributed by atoms with Crippen LogP contribution in [0.1, 0.15) is 33.6 Å². The maximum absolute atomic E-state index is 3.67. The first-order chi connectivity index (χ1) is 7.66. The van der Waals surface area contributed by atoms with Crippen LogP contribution in [0.5, 0.6) is 0 Å². The minimum Gasteiger partial charge on any atom is -0.311 e. The van der Waals surface area contributed by atoms with Crippen LogP contribution in [0.2, 0.25) is 0 Å². The summed E-state index contributed by atoms with van der Waals surface area (Å²) < 4.78 is 0. The van der Waals surface area contributed by atoms with Gasteiger partial charge in [-0.3, -0.25) is 4.90 Å². The second kappa shape index (κ2) is 5.74. The molecule has 2 rings (SSSR count). The molecule has 3 atom stereocenters. The Labute approximate surface area is 105 Å². The SMILES string of the molecule is CC(C)C1CN(CC2CCCS2)C(C)CN1. The number of hydrogen-bond acceptors (Lipinski definition) is 3. The van der Waals surface area contributed by atoms with Crippen molar-refractivity contribution in [3.05, 3.63) is 0 Å². The lowest BCUT2D eigenvalue weighted by atomic mass is 9.99. The summed E-state index contributed by atoms with van der Waals surface area (Å²) in [4.78, 5) is 2.71. The van der Waals surface area contributed by atoms with Crippen LogP contribution in [0.4, 0.5) is 0 Å². The average Bonchev–Trinajstić information content (AvgIpc) is 2.73. The monoisotopic (exact) mass is 242 g/mol. The predicted molar refractivity (Wildman–Crippen MR) is 73.1 cm³/mol. The van der Waals surface area contributed by atoms with Gasteiger partial charge in [-0.25, -0.2) is 0 Å². The van der Waals surface area contributed by atoms with Crippen molar-refractivity contribution >= 4 is 11.8 Å². The van der Waals surface area contributed by atoms with Gasteiger partial charge in [0.1, 0.15) is 0 Å². The van der Waals surface area contributed by atoms with Gasteiger partial charge in [0, 0.05) is 37.0 Å². The molecule has 0 aromatic carbocycles. The molecule has 0 amide bonds. The molecule has 2 heterocycles. The fourth-order valence-electron chi connectivity index (χ4n) is 2.70. The number of nitrogens with one attached hydrogen (secondary N) is 1. The summed E-state index contributed by atoms with van der Waals surface area (Å²) in [6.07, 6.45) is 2.87. The Bertz CT molecular complexity index is 212. The van der Waals surface area contributed by atoms with Gasteiger partial charge in [0.15, 0.2) is 0 Å². The van der Waals surface area contributed by atoms with Gasteiger partial charge in [-0.05, 0) is 31.4 Å². The van der Waals surface area contributed by atoms with Crippen LogP contribution in [0, 0.1) is 5.92 Å². The van der Waals surface area contributed by atoms with Gasteiger partial charge in [-0.2, -0.15) is 11.8 Å². The first-order valence-electron chi connectivity index (χ1n) is 6.76. The zero-order valence-corrected chi connectivity index (χ0v) is 11.7. The summed E-state index contributed by atoms with van der Waals surface area (Å²) in [5.41, 5.74) is 0. The molecule has 0 radical (unpaired) electrons. The third kappa shape index (κ3) is 3.14. The molecule has 2 nitrogen and oxygen atoms in total. The Balaban J connectivity index is 1.85. The van der Waals surface area contributed by atoms with Crippen LogP contribution in [0.15, 0.2) is 0 Å². The highest BCUT2D eigenvalue weighted by atomic mass is 32.2. The van der Waals surface area contributed by atoms with E-state index in [0.717, 1.165) is 17.2 Å². The van der Waals surface area contributed by atoms with Crippen molar-refractivity contribution in [2.45, 2.75) is 50.9 Å². The molecular formula is C13H26N2S. The molecule has 0 aromatic heterocycles. The Morgan fingerprint density at radius 1 is 1.44 bits per heavy atom. The van der Waals surface area contributed by atoms with Crippen LogP contribution < -0.4 is 5.32 Å². The van der Waals surface area contributed by atoms with E-state index in [1.54, 1.807) is 0 Å². The zero-order chi connectivity index (χ0) is 11.5. The van der Waals surface area contributed by atoms with Crippen LogP contribution in [0.25, 0.3) is 0 Å². The fraction of sp³-hybridized carbons (Fsp3) is 1.00. The largest absolute Gasteiger partial charge is 0.311 e. The predicted octanol–water partition coefficient (Wildman–Crippen LogP) is 2.20. The maximum Gasteiger partial charge on any atom is 0.0218 e. The quantitative estimate of drug-likeness (QED) is 0.817. The van der Waals surface area contributed by atoms with Crippen LogP contribution in [0.3, 0.4) is 0 Å². The molecule has 1 N–H and O–H groups in total. The highest BCUT2D eigenvalue weighted by molar-refractivity contribution is 8.00. The van der Waals surface area contributed by atoms with Crippen molar-refractivity contribution in [1.82, 2.24) is 10.2 Å². The third-order valence-corrected chi connectivity index (χ3v) is 5.38. The van der Waals surface area contributed by atoms with Crippen molar-refractivity contribution in [2.75, 3.05) is 25.4 Å². The van der Waals surface area contributed by atoms with Crippen molar-refractivity contribution < 1.29 is 0 Å². The summed E-state index contributed by atoms with van der Waals surface area (Å²) in [5, 5.41) is 4.59. The average molecular weight is 242 g/mol. The topological polar surface area (TPSA) is 15.3 Å². The van der Waals surface area contributed by atoms with E-state index >= 15 is 0 Å². The van der Waals surface area contributed by atoms with Crippen molar-refractivity contribution in [3.63, 3.8) is 0 Å². The summed E-state index contributed by atoms with van der Waals surface area (Å²) in [7, 11) is 0. The zero-order valence-electron chi connectivity index (χ0n) is 10.9. The van der Waals surface area contributed by atoms with Crippen LogP contribution >= 0.6 is 11.8 Å². The van der Waals surface area contributed by atoms with E-state index in [1.165, 1.54) is 38.2 Å². The molecular weight excluding hydrogens is 216 g/mol. The number of hydrogen-bond donors (Lipinski definition) is 1. The molecule has 0 spiro atoms. The minimum atomic E-state index is 0.697. The molecule has 16 heavy (non-hydrogen) atoms. The van der Waals surface area contributed by atoms with Crippen LogP contribution in [-0.4, -0.2) is 47.6 Å². The molecule has 3 unspecified atom stereocenters. The second-order valence-electron chi connectivity index (χ2n) is 5.70. The minimum absolute atomic E-state index is 0.697. The van der Waals surface area contributed by atoms with Gasteiger partial charge in [-0.1, -0.05) is 13.8 Å². The lowest BCUT2D eigenvalue weighted by molar-refractivity contribution is 0.123. The van der Waals surface area contributed by atoms with E-state index in [4.69, 9.17) is 0 Å². The van der Waals surface area contributed by atoms with Gasteiger partial charge in [0.25, 0.3) is 0 Å². The van der Waals surface area contributed by atoms with Crippen LogP contribution in [-0.2, 0) is 0 Å². The molecule has 3 heteroatoms. The normalized spacial score (nSPS) is 37.1. The molecule has 0 aromatic rings. The Hall–Kier alpha value is 0.270. The first kappa shape index (κ1) is 12.7. The van der Waals surface area contributed by atoms with E-state index < -0.39 is 0 Å². The summed E-state index contributed by atoms with van der Waals surface area (Å²) in [6.45, 7) is 10.8. The van der Waals surface area contributed by atoms with Gasteiger partial charge < -0.3 is 5.32 Å². The number of piperazine rings is 1. The Morgan fingerprint density at radius 3 is 2.88 bits per heavy atom. The van der Waals surface area contributed by atoms with Crippen molar-refractivity contribution in [2.24, 2.45) is 5.92 Å². The lowest BCUT2D eigenvalue weighted by Gasteiger charge is -2.41. The van der Waals surface area contributed by atoms with Crippen molar-refractivity contribution in [3.8, 4) is 0 Å². The smallest absolute Gasteiger partial charge is 0.0218 e. The molecule has 2 fully saturated rings. The highest BCUT2D eigenvalue weighted by Crippen LogP contribution is 2.28. The second-order valence-corrected chi connectivity index (χ2v) is 7.10. The third-order valence-electron chi connectivity index (χ3n) is 4.00. The van der Waals surface area contributed by atoms with E-state index in [-0.39, 0.29) is 0 Å². The molecule has 0 saturated carbocycles. The summed E-state index contributed by atoms with van der Waals surface area (Å²) >= 11 is 2.19. The summed E-state index contributed by atoms with van der Waals surface area (Å²) in [5.74, 6) is 2.14. The van der Waals surface area contributed by atoms with E-state index in [1.807, 2.05) is 0 Å². The highest BCUT2D eigenvalue weighted by Gasteiger charge is 2.29. The Kier molecular flexibility index (Phi) is 4.57. The molecule has 94 valence electrons. The van der Waals surface area contributed by atoms with Crippen molar-refractivity contribution in [1.29, 1.82) is 0 Å². The van der Waals surface area contributed by atoms with E-state index in [0.29, 0.717) is 6.04 Å². The molecule has 2 aliphatic rings. The number of rotatable bonds is 3. The molecule has 0 aliphatic carbocycles. The molecule has 2 saturated heterocycles. The number of nitrogens with zero attached hydrogens (tertiary/aromatic N) is 1. The van der Waals surface area contributed by atoms with Gasteiger partial charge in [0.05, 0.1) is 0 Å². The molecule has 2 aliphatic heterocycles.